The third-order valence-electron chi connectivity index (χ3n) is 3.33. The first-order valence-corrected chi connectivity index (χ1v) is 6.09. The Kier molecular flexibility index (Phi) is 4.14. The van der Waals surface area contributed by atoms with Crippen LogP contribution in [0.25, 0.3) is 0 Å². The SMILES string of the molecule is CN(C1CC1)C(CN)c1ccccc1OC(F)F. The van der Waals surface area contributed by atoms with Gasteiger partial charge in [0, 0.05) is 18.2 Å². The van der Waals surface area contributed by atoms with Crippen LogP contribution in [0.2, 0.25) is 0 Å². The van der Waals surface area contributed by atoms with Crippen LogP contribution >= 0.6 is 0 Å². The van der Waals surface area contributed by atoms with Gasteiger partial charge in [-0.2, -0.15) is 8.78 Å². The summed E-state index contributed by atoms with van der Waals surface area (Å²) in [6.45, 7) is -2.42. The minimum absolute atomic E-state index is 0.0764. The van der Waals surface area contributed by atoms with E-state index in [9.17, 15) is 8.78 Å². The van der Waals surface area contributed by atoms with Crippen LogP contribution in [-0.2, 0) is 0 Å². The van der Waals surface area contributed by atoms with Crippen LogP contribution in [0.5, 0.6) is 5.75 Å². The standard InChI is InChI=1S/C13H18F2N2O/c1-17(9-6-7-9)11(8-16)10-4-2-3-5-12(10)18-13(14)15/h2-5,9,11,13H,6-8,16H2,1H3. The lowest BCUT2D eigenvalue weighted by molar-refractivity contribution is -0.0511. The van der Waals surface area contributed by atoms with Crippen LogP contribution < -0.4 is 10.5 Å². The first kappa shape index (κ1) is 13.2. The average Bonchev–Trinajstić information content (AvgIpc) is 3.15. The van der Waals surface area contributed by atoms with Crippen molar-refractivity contribution in [1.29, 1.82) is 0 Å². The Labute approximate surface area is 106 Å². The third-order valence-corrected chi connectivity index (χ3v) is 3.33. The summed E-state index contributed by atoms with van der Waals surface area (Å²) in [5, 5.41) is 0. The van der Waals surface area contributed by atoms with Crippen LogP contribution in [0.15, 0.2) is 24.3 Å². The van der Waals surface area contributed by atoms with Crippen molar-refractivity contribution >= 4 is 0 Å². The summed E-state index contributed by atoms with van der Waals surface area (Å²) in [6.07, 6.45) is 2.29. The first-order valence-electron chi connectivity index (χ1n) is 6.09. The Balaban J connectivity index is 2.23. The molecule has 100 valence electrons. The van der Waals surface area contributed by atoms with Gasteiger partial charge in [0.2, 0.25) is 0 Å². The second-order valence-corrected chi connectivity index (χ2v) is 4.56. The summed E-state index contributed by atoms with van der Waals surface area (Å²) < 4.78 is 29.3. The summed E-state index contributed by atoms with van der Waals surface area (Å²) in [5.74, 6) is 0.218. The number of nitrogens with two attached hydrogens (primary N) is 1. The minimum atomic E-state index is -2.81. The van der Waals surface area contributed by atoms with Crippen molar-refractivity contribution in [3.8, 4) is 5.75 Å². The molecule has 18 heavy (non-hydrogen) atoms. The highest BCUT2D eigenvalue weighted by Crippen LogP contribution is 2.36. The maximum absolute atomic E-state index is 12.4. The molecule has 1 saturated carbocycles. The minimum Gasteiger partial charge on any atom is -0.434 e. The molecule has 1 aliphatic rings. The molecular weight excluding hydrogens is 238 g/mol. The number of hydrogen-bond acceptors (Lipinski definition) is 3. The van der Waals surface area contributed by atoms with Gasteiger partial charge in [-0.1, -0.05) is 18.2 Å². The Morgan fingerprint density at radius 2 is 2.06 bits per heavy atom. The second-order valence-electron chi connectivity index (χ2n) is 4.56. The molecule has 2 rings (SSSR count). The quantitative estimate of drug-likeness (QED) is 0.849. The molecule has 0 aromatic heterocycles. The van der Waals surface area contributed by atoms with E-state index in [1.54, 1.807) is 18.2 Å². The Hall–Kier alpha value is -1.20. The molecule has 2 N–H and O–H groups in total. The monoisotopic (exact) mass is 256 g/mol. The summed E-state index contributed by atoms with van der Waals surface area (Å²) >= 11 is 0. The zero-order valence-electron chi connectivity index (χ0n) is 10.4. The molecule has 1 aromatic rings. The van der Waals surface area contributed by atoms with E-state index >= 15 is 0 Å². The molecule has 0 spiro atoms. The van der Waals surface area contributed by atoms with E-state index < -0.39 is 6.61 Å². The van der Waals surface area contributed by atoms with Gasteiger partial charge in [-0.25, -0.2) is 0 Å². The largest absolute Gasteiger partial charge is 0.434 e. The fraction of sp³-hybridized carbons (Fsp3) is 0.538. The van der Waals surface area contributed by atoms with Crippen molar-refractivity contribution in [2.24, 2.45) is 5.73 Å². The van der Waals surface area contributed by atoms with Crippen LogP contribution in [-0.4, -0.2) is 31.1 Å². The Bertz CT molecular complexity index is 396. The normalized spacial score (nSPS) is 17.2. The molecule has 1 atom stereocenters. The van der Waals surface area contributed by atoms with Crippen LogP contribution in [0.1, 0.15) is 24.4 Å². The summed E-state index contributed by atoms with van der Waals surface area (Å²) in [4.78, 5) is 2.15. The van der Waals surface area contributed by atoms with E-state index in [1.165, 1.54) is 0 Å². The first-order chi connectivity index (χ1) is 8.63. The molecule has 0 aliphatic heterocycles. The zero-order valence-corrected chi connectivity index (χ0v) is 10.4. The maximum Gasteiger partial charge on any atom is 0.387 e. The highest BCUT2D eigenvalue weighted by atomic mass is 19.3. The molecule has 1 unspecified atom stereocenters. The van der Waals surface area contributed by atoms with Crippen LogP contribution in [0.4, 0.5) is 8.78 Å². The van der Waals surface area contributed by atoms with Gasteiger partial charge in [-0.05, 0) is 26.0 Å². The number of alkyl halides is 2. The third kappa shape index (κ3) is 2.97. The number of benzene rings is 1. The van der Waals surface area contributed by atoms with E-state index in [0.717, 1.165) is 18.4 Å². The number of para-hydroxylation sites is 1. The second kappa shape index (κ2) is 5.63. The van der Waals surface area contributed by atoms with Gasteiger partial charge in [0.1, 0.15) is 5.75 Å². The van der Waals surface area contributed by atoms with Gasteiger partial charge >= 0.3 is 6.61 Å². The Morgan fingerprint density at radius 3 is 2.61 bits per heavy atom. The van der Waals surface area contributed by atoms with Gasteiger partial charge in [-0.15, -0.1) is 0 Å². The number of ether oxygens (including phenoxy) is 1. The van der Waals surface area contributed by atoms with E-state index in [-0.39, 0.29) is 11.8 Å². The summed E-state index contributed by atoms with van der Waals surface area (Å²) in [7, 11) is 1.98. The molecule has 0 heterocycles. The number of likely N-dealkylation sites (N-methyl/N-ethyl adjacent to an activating group) is 1. The van der Waals surface area contributed by atoms with Crippen molar-refractivity contribution in [3.63, 3.8) is 0 Å². The predicted molar refractivity (Wildman–Crippen MR) is 65.7 cm³/mol. The van der Waals surface area contributed by atoms with Gasteiger partial charge in [-0.3, -0.25) is 4.90 Å². The predicted octanol–water partition coefficient (Wildman–Crippen LogP) is 2.38. The zero-order chi connectivity index (χ0) is 13.1. The average molecular weight is 256 g/mol. The van der Waals surface area contributed by atoms with E-state index in [4.69, 9.17) is 5.73 Å². The van der Waals surface area contributed by atoms with Gasteiger partial charge < -0.3 is 10.5 Å². The van der Waals surface area contributed by atoms with E-state index in [2.05, 4.69) is 9.64 Å². The lowest BCUT2D eigenvalue weighted by Gasteiger charge is -2.28. The molecule has 5 heteroatoms. The highest BCUT2D eigenvalue weighted by Gasteiger charge is 2.32. The molecule has 0 amide bonds. The van der Waals surface area contributed by atoms with Crippen molar-refractivity contribution in [3.05, 3.63) is 29.8 Å². The van der Waals surface area contributed by atoms with E-state index in [1.807, 2.05) is 13.1 Å². The molecule has 0 saturated heterocycles. The number of rotatable bonds is 6. The number of hydrogen-bond donors (Lipinski definition) is 1. The van der Waals surface area contributed by atoms with Gasteiger partial charge in [0.15, 0.2) is 0 Å². The molecule has 0 bridgehead atoms. The molecule has 0 radical (unpaired) electrons. The lowest BCUT2D eigenvalue weighted by Crippen LogP contribution is -2.32. The topological polar surface area (TPSA) is 38.5 Å². The van der Waals surface area contributed by atoms with Gasteiger partial charge in [0.05, 0.1) is 6.04 Å². The van der Waals surface area contributed by atoms with E-state index in [0.29, 0.717) is 12.6 Å². The van der Waals surface area contributed by atoms with Gasteiger partial charge in [0.25, 0.3) is 0 Å². The van der Waals surface area contributed by atoms with Crippen molar-refractivity contribution in [2.45, 2.75) is 31.5 Å². The fourth-order valence-electron chi connectivity index (χ4n) is 2.21. The number of halogens is 2. The summed E-state index contributed by atoms with van der Waals surface area (Å²) in [5.41, 5.74) is 6.52. The Morgan fingerprint density at radius 1 is 1.39 bits per heavy atom. The van der Waals surface area contributed by atoms with Crippen molar-refractivity contribution < 1.29 is 13.5 Å². The van der Waals surface area contributed by atoms with Crippen molar-refractivity contribution in [2.75, 3.05) is 13.6 Å². The molecule has 1 aliphatic carbocycles. The molecule has 3 nitrogen and oxygen atoms in total. The van der Waals surface area contributed by atoms with Crippen molar-refractivity contribution in [1.82, 2.24) is 4.90 Å². The smallest absolute Gasteiger partial charge is 0.387 e. The number of nitrogens with zero attached hydrogens (tertiary/aromatic N) is 1. The van der Waals surface area contributed by atoms with Crippen LogP contribution in [0, 0.1) is 0 Å². The summed E-state index contributed by atoms with van der Waals surface area (Å²) in [6, 6.07) is 7.30. The molecular formula is C13H18F2N2O. The fourth-order valence-corrected chi connectivity index (χ4v) is 2.21. The molecule has 1 fully saturated rings. The lowest BCUT2D eigenvalue weighted by atomic mass is 10.0. The highest BCUT2D eigenvalue weighted by molar-refractivity contribution is 5.36. The maximum atomic E-state index is 12.4. The molecule has 1 aromatic carbocycles. The van der Waals surface area contributed by atoms with Crippen LogP contribution in [0.3, 0.4) is 0 Å².